The van der Waals surface area contributed by atoms with Crippen LogP contribution in [0, 0.1) is 0 Å². The number of hydrogen-bond donors (Lipinski definition) is 0. The molecule has 262 valence electrons. The van der Waals surface area contributed by atoms with E-state index in [1.807, 2.05) is 11.3 Å². The molecule has 12 rings (SSSR count). The number of hydrogen-bond acceptors (Lipinski definition) is 3. The van der Waals surface area contributed by atoms with E-state index in [9.17, 15) is 0 Å². The molecule has 4 heteroatoms. The number of nitrogens with zero attached hydrogens (tertiary/aromatic N) is 2. The summed E-state index contributed by atoms with van der Waals surface area (Å²) in [4.78, 5) is 2.47. The minimum Gasteiger partial charge on any atom is -0.455 e. The highest BCUT2D eigenvalue weighted by atomic mass is 32.1. The number of aromatic nitrogens is 1. The number of fused-ring (bicyclic) bond motifs is 11. The van der Waals surface area contributed by atoms with Crippen molar-refractivity contribution < 1.29 is 4.42 Å². The molecule has 0 spiro atoms. The van der Waals surface area contributed by atoms with Crippen LogP contribution in [0.5, 0.6) is 0 Å². The molecule has 12 aromatic rings. The Balaban J connectivity index is 1.15. The van der Waals surface area contributed by atoms with Crippen LogP contribution in [0.15, 0.2) is 199 Å². The lowest BCUT2D eigenvalue weighted by Crippen LogP contribution is -2.12. The third kappa shape index (κ3) is 4.57. The Labute approximate surface area is 326 Å². The summed E-state index contributed by atoms with van der Waals surface area (Å²) in [6.07, 6.45) is 0. The summed E-state index contributed by atoms with van der Waals surface area (Å²) in [5.74, 6) is 0. The second kappa shape index (κ2) is 12.2. The Morgan fingerprint density at radius 3 is 1.95 bits per heavy atom. The van der Waals surface area contributed by atoms with Gasteiger partial charge in [-0.3, -0.25) is 0 Å². The van der Waals surface area contributed by atoms with Crippen molar-refractivity contribution in [3.8, 4) is 16.8 Å². The Hall–Kier alpha value is -7.14. The molecule has 0 atom stereocenters. The fraction of sp³-hybridized carbons (Fsp3) is 0. The summed E-state index contributed by atoms with van der Waals surface area (Å²) >= 11 is 1.86. The maximum atomic E-state index is 6.70. The van der Waals surface area contributed by atoms with Crippen molar-refractivity contribution in [3.05, 3.63) is 194 Å². The molecule has 3 aromatic heterocycles. The molecule has 0 aliphatic rings. The molecule has 0 saturated carbocycles. The molecule has 0 saturated heterocycles. The Morgan fingerprint density at radius 2 is 1.09 bits per heavy atom. The lowest BCUT2D eigenvalue weighted by atomic mass is 9.96. The minimum absolute atomic E-state index is 0.884. The molecule has 0 aliphatic carbocycles. The predicted molar refractivity (Wildman–Crippen MR) is 239 cm³/mol. The predicted octanol–water partition coefficient (Wildman–Crippen LogP) is 15.3. The van der Waals surface area contributed by atoms with Crippen molar-refractivity contribution in [1.82, 2.24) is 4.57 Å². The molecular weight excluding hydrogens is 701 g/mol. The quantitative estimate of drug-likeness (QED) is 0.176. The van der Waals surface area contributed by atoms with Crippen LogP contribution in [0.3, 0.4) is 0 Å². The SMILES string of the molecule is c1cc(N(c2ccccc2-c2cccc3oc4c5ccccc5ccc4c23)c2cccc3c2sc2ccccc23)cc(-n2c3ccccc3c3ccccc32)c1. The van der Waals surface area contributed by atoms with E-state index in [0.717, 1.165) is 61.2 Å². The van der Waals surface area contributed by atoms with Gasteiger partial charge < -0.3 is 13.9 Å². The van der Waals surface area contributed by atoms with Gasteiger partial charge in [-0.1, -0.05) is 133 Å². The molecule has 3 heterocycles. The topological polar surface area (TPSA) is 21.3 Å². The van der Waals surface area contributed by atoms with E-state index in [2.05, 4.69) is 204 Å². The van der Waals surface area contributed by atoms with Crippen LogP contribution in [0.2, 0.25) is 0 Å². The molecule has 0 bridgehead atoms. The van der Waals surface area contributed by atoms with Crippen LogP contribution < -0.4 is 4.90 Å². The third-order valence-electron chi connectivity index (χ3n) is 11.4. The average Bonchev–Trinajstić information content (AvgIpc) is 3.95. The van der Waals surface area contributed by atoms with Crippen LogP contribution in [-0.4, -0.2) is 4.57 Å². The van der Waals surface area contributed by atoms with Crippen molar-refractivity contribution in [2.24, 2.45) is 0 Å². The van der Waals surface area contributed by atoms with E-state index >= 15 is 0 Å². The van der Waals surface area contributed by atoms with Gasteiger partial charge in [-0.15, -0.1) is 11.3 Å². The summed E-state index contributed by atoms with van der Waals surface area (Å²) < 4.78 is 11.6. The average molecular weight is 733 g/mol. The van der Waals surface area contributed by atoms with Gasteiger partial charge in [0.25, 0.3) is 0 Å². The van der Waals surface area contributed by atoms with Crippen LogP contribution in [0.4, 0.5) is 17.1 Å². The lowest BCUT2D eigenvalue weighted by Gasteiger charge is -2.29. The number of benzene rings is 9. The van der Waals surface area contributed by atoms with Crippen molar-refractivity contribution in [3.63, 3.8) is 0 Å². The summed E-state index contributed by atoms with van der Waals surface area (Å²) in [5.41, 5.74) is 10.9. The molecule has 3 nitrogen and oxygen atoms in total. The molecule has 0 aliphatic heterocycles. The van der Waals surface area contributed by atoms with Gasteiger partial charge in [0.1, 0.15) is 11.2 Å². The van der Waals surface area contributed by atoms with Crippen LogP contribution in [-0.2, 0) is 0 Å². The van der Waals surface area contributed by atoms with Gasteiger partial charge in [0.05, 0.1) is 27.1 Å². The number of furan rings is 1. The normalized spacial score (nSPS) is 11.9. The summed E-state index contributed by atoms with van der Waals surface area (Å²) in [7, 11) is 0. The highest BCUT2D eigenvalue weighted by Crippen LogP contribution is 2.49. The summed E-state index contributed by atoms with van der Waals surface area (Å²) in [5, 5.41) is 9.59. The monoisotopic (exact) mass is 732 g/mol. The second-order valence-corrected chi connectivity index (χ2v) is 15.5. The first-order valence-electron chi connectivity index (χ1n) is 19.0. The van der Waals surface area contributed by atoms with Crippen LogP contribution >= 0.6 is 11.3 Å². The Kier molecular flexibility index (Phi) is 6.80. The Morgan fingerprint density at radius 1 is 0.446 bits per heavy atom. The maximum absolute atomic E-state index is 6.70. The Bertz CT molecular complexity index is 3460. The molecule has 9 aromatic carbocycles. The van der Waals surface area contributed by atoms with Gasteiger partial charge in [-0.2, -0.15) is 0 Å². The van der Waals surface area contributed by atoms with Gasteiger partial charge in [0.15, 0.2) is 0 Å². The van der Waals surface area contributed by atoms with Crippen molar-refractivity contribution in [2.45, 2.75) is 0 Å². The molecule has 0 N–H and O–H groups in total. The van der Waals surface area contributed by atoms with Gasteiger partial charge >= 0.3 is 0 Å². The van der Waals surface area contributed by atoms with Crippen LogP contribution in [0.1, 0.15) is 0 Å². The van der Waals surface area contributed by atoms with Gasteiger partial charge in [0.2, 0.25) is 0 Å². The van der Waals surface area contributed by atoms with Gasteiger partial charge in [0, 0.05) is 59.3 Å². The molecule has 0 unspecified atom stereocenters. The lowest BCUT2D eigenvalue weighted by molar-refractivity contribution is 0.673. The van der Waals surface area contributed by atoms with E-state index < -0.39 is 0 Å². The number of rotatable bonds is 5. The minimum atomic E-state index is 0.884. The highest BCUT2D eigenvalue weighted by molar-refractivity contribution is 7.26. The zero-order valence-corrected chi connectivity index (χ0v) is 31.0. The largest absolute Gasteiger partial charge is 0.455 e. The summed E-state index contributed by atoms with van der Waals surface area (Å²) in [6.45, 7) is 0. The van der Waals surface area contributed by atoms with E-state index in [0.29, 0.717) is 0 Å². The van der Waals surface area contributed by atoms with Gasteiger partial charge in [-0.05, 0) is 71.6 Å². The maximum Gasteiger partial charge on any atom is 0.143 e. The van der Waals surface area contributed by atoms with E-state index in [-0.39, 0.29) is 0 Å². The molecule has 0 radical (unpaired) electrons. The molecule has 0 fully saturated rings. The van der Waals surface area contributed by atoms with E-state index in [4.69, 9.17) is 4.42 Å². The van der Waals surface area contributed by atoms with Crippen LogP contribution in [0.25, 0.3) is 91.5 Å². The van der Waals surface area contributed by atoms with E-state index in [1.54, 1.807) is 0 Å². The van der Waals surface area contributed by atoms with Crippen molar-refractivity contribution in [1.29, 1.82) is 0 Å². The molecule has 0 amide bonds. The highest BCUT2D eigenvalue weighted by Gasteiger charge is 2.24. The van der Waals surface area contributed by atoms with Crippen molar-refractivity contribution >= 4 is 103 Å². The zero-order valence-electron chi connectivity index (χ0n) is 30.2. The first-order valence-corrected chi connectivity index (χ1v) is 19.8. The fourth-order valence-corrected chi connectivity index (χ4v) is 10.2. The standard InChI is InChI=1S/C52H32N2OS/c1-2-17-36-33(14-1)30-31-43-50-41(22-13-28-48(50)55-51(36)43)39-20-5-9-26-46(39)54(47-27-12-23-42-40-21-6-10-29-49(40)56-52(42)47)35-16-11-15-34(32-35)53-44-24-7-3-18-37(44)38-19-4-8-25-45(38)53/h1-32H. The third-order valence-corrected chi connectivity index (χ3v) is 12.6. The number of thiophene rings is 1. The zero-order chi connectivity index (χ0) is 36.7. The molecule has 56 heavy (non-hydrogen) atoms. The number of para-hydroxylation sites is 3. The first-order chi connectivity index (χ1) is 27.8. The second-order valence-electron chi connectivity index (χ2n) is 14.4. The molecular formula is C52H32N2OS. The first kappa shape index (κ1) is 31.2. The van der Waals surface area contributed by atoms with Crippen molar-refractivity contribution in [2.75, 3.05) is 4.90 Å². The fourth-order valence-electron chi connectivity index (χ4n) is 8.96. The summed E-state index contributed by atoms with van der Waals surface area (Å²) in [6, 6.07) is 70.2. The van der Waals surface area contributed by atoms with E-state index in [1.165, 1.54) is 47.4 Å². The number of anilines is 3. The smallest absolute Gasteiger partial charge is 0.143 e. The van der Waals surface area contributed by atoms with Gasteiger partial charge in [-0.25, -0.2) is 0 Å².